The molecule has 0 aromatic heterocycles. The van der Waals surface area contributed by atoms with Crippen molar-refractivity contribution in [2.24, 2.45) is 0 Å². The number of nitro benzene ring substituents is 1. The fraction of sp³-hybridized carbons (Fsp3) is 0.263. The highest BCUT2D eigenvalue weighted by Crippen LogP contribution is 2.26. The molecule has 2 atom stereocenters. The van der Waals surface area contributed by atoms with E-state index in [0.717, 1.165) is 11.6 Å². The molecule has 28 heavy (non-hydrogen) atoms. The SMILES string of the molecule is N#Cc1ccc(C(O)C(O)CCNC(=O)OCc2ccccc2)cc1[N+](=O)[O-]. The molecule has 9 heteroatoms. The third-order valence-electron chi connectivity index (χ3n) is 3.97. The standard InChI is InChI=1S/C19H19N3O6/c20-11-15-7-6-14(10-16(15)22(26)27)18(24)17(23)8-9-21-19(25)28-12-13-4-2-1-3-5-13/h1-7,10,17-18,23-24H,8-9,12H2,(H,21,25). The van der Waals surface area contributed by atoms with Crippen LogP contribution in [0.1, 0.15) is 29.2 Å². The van der Waals surface area contributed by atoms with Crippen molar-refractivity contribution in [1.29, 1.82) is 5.26 Å². The molecule has 0 aliphatic rings. The molecule has 2 aromatic rings. The predicted octanol–water partition coefficient (Wildman–Crippen LogP) is 2.18. The molecular weight excluding hydrogens is 366 g/mol. The summed E-state index contributed by atoms with van der Waals surface area (Å²) in [5.74, 6) is 0. The van der Waals surface area contributed by atoms with Crippen LogP contribution in [0.4, 0.5) is 10.5 Å². The van der Waals surface area contributed by atoms with Gasteiger partial charge in [0.15, 0.2) is 0 Å². The molecule has 0 fully saturated rings. The van der Waals surface area contributed by atoms with E-state index in [9.17, 15) is 25.1 Å². The van der Waals surface area contributed by atoms with Crippen molar-refractivity contribution < 1.29 is 24.7 Å². The monoisotopic (exact) mass is 385 g/mol. The number of aliphatic hydroxyl groups excluding tert-OH is 2. The van der Waals surface area contributed by atoms with Gasteiger partial charge in [0.25, 0.3) is 5.69 Å². The molecular formula is C19H19N3O6. The van der Waals surface area contributed by atoms with Crippen molar-refractivity contribution >= 4 is 11.8 Å². The van der Waals surface area contributed by atoms with Gasteiger partial charge in [-0.15, -0.1) is 0 Å². The number of carbonyl (C=O) groups is 1. The Hall–Kier alpha value is -3.48. The number of nitrogens with zero attached hydrogens (tertiary/aromatic N) is 2. The molecule has 0 saturated carbocycles. The van der Waals surface area contributed by atoms with Gasteiger partial charge in [0, 0.05) is 12.6 Å². The first-order chi connectivity index (χ1) is 13.4. The van der Waals surface area contributed by atoms with Crippen molar-refractivity contribution in [3.63, 3.8) is 0 Å². The average Bonchev–Trinajstić information content (AvgIpc) is 2.71. The van der Waals surface area contributed by atoms with Gasteiger partial charge < -0.3 is 20.3 Å². The molecule has 1 amide bonds. The largest absolute Gasteiger partial charge is 0.445 e. The maximum Gasteiger partial charge on any atom is 0.407 e. The molecule has 0 aliphatic heterocycles. The van der Waals surface area contributed by atoms with Gasteiger partial charge in [0.05, 0.1) is 11.0 Å². The molecule has 2 aromatic carbocycles. The van der Waals surface area contributed by atoms with Crippen LogP contribution in [0.15, 0.2) is 48.5 Å². The maximum absolute atomic E-state index is 11.6. The average molecular weight is 385 g/mol. The minimum absolute atomic E-state index is 0.00456. The van der Waals surface area contributed by atoms with Gasteiger partial charge in [-0.25, -0.2) is 4.79 Å². The number of aliphatic hydroxyl groups is 2. The lowest BCUT2D eigenvalue weighted by Gasteiger charge is -2.18. The van der Waals surface area contributed by atoms with E-state index in [0.29, 0.717) is 0 Å². The number of amides is 1. The third kappa shape index (κ3) is 5.77. The van der Waals surface area contributed by atoms with Crippen molar-refractivity contribution in [2.45, 2.75) is 25.2 Å². The van der Waals surface area contributed by atoms with Crippen LogP contribution in [0.5, 0.6) is 0 Å². The fourth-order valence-electron chi connectivity index (χ4n) is 2.45. The van der Waals surface area contributed by atoms with E-state index in [4.69, 9.17) is 10.00 Å². The number of hydrogen-bond acceptors (Lipinski definition) is 7. The van der Waals surface area contributed by atoms with Gasteiger partial charge in [0.2, 0.25) is 0 Å². The van der Waals surface area contributed by atoms with Crippen LogP contribution >= 0.6 is 0 Å². The van der Waals surface area contributed by atoms with E-state index >= 15 is 0 Å². The first-order valence-corrected chi connectivity index (χ1v) is 8.41. The van der Waals surface area contributed by atoms with Crippen LogP contribution < -0.4 is 5.32 Å². The smallest absolute Gasteiger partial charge is 0.407 e. The Kier molecular flexibility index (Phi) is 7.45. The lowest BCUT2D eigenvalue weighted by molar-refractivity contribution is -0.385. The summed E-state index contributed by atoms with van der Waals surface area (Å²) in [6.07, 6.45) is -3.36. The summed E-state index contributed by atoms with van der Waals surface area (Å²) in [5.41, 5.74) is 0.340. The van der Waals surface area contributed by atoms with E-state index < -0.39 is 28.9 Å². The van der Waals surface area contributed by atoms with Gasteiger partial charge in [-0.2, -0.15) is 5.26 Å². The molecule has 2 rings (SSSR count). The summed E-state index contributed by atoms with van der Waals surface area (Å²) in [7, 11) is 0. The summed E-state index contributed by atoms with van der Waals surface area (Å²) >= 11 is 0. The number of rotatable bonds is 8. The second kappa shape index (κ2) is 10.0. The van der Waals surface area contributed by atoms with E-state index in [2.05, 4.69) is 5.32 Å². The molecule has 0 spiro atoms. The highest BCUT2D eigenvalue weighted by atomic mass is 16.6. The van der Waals surface area contributed by atoms with Gasteiger partial charge in [-0.05, 0) is 23.6 Å². The van der Waals surface area contributed by atoms with E-state index in [1.54, 1.807) is 6.07 Å². The number of alkyl carbamates (subject to hydrolysis) is 1. The molecule has 9 nitrogen and oxygen atoms in total. The number of nitriles is 1. The molecule has 0 saturated heterocycles. The lowest BCUT2D eigenvalue weighted by atomic mass is 10.00. The Bertz CT molecular complexity index is 866. The van der Waals surface area contributed by atoms with E-state index in [1.807, 2.05) is 30.3 Å². The van der Waals surface area contributed by atoms with Crippen LogP contribution in [-0.4, -0.2) is 33.9 Å². The maximum atomic E-state index is 11.6. The van der Waals surface area contributed by atoms with Crippen molar-refractivity contribution in [2.75, 3.05) is 6.54 Å². The quantitative estimate of drug-likeness (QED) is 0.466. The molecule has 0 heterocycles. The Labute approximate surface area is 161 Å². The third-order valence-corrected chi connectivity index (χ3v) is 3.97. The first kappa shape index (κ1) is 20.8. The molecule has 0 radical (unpaired) electrons. The Morgan fingerprint density at radius 1 is 1.25 bits per heavy atom. The number of hydrogen-bond donors (Lipinski definition) is 3. The molecule has 0 bridgehead atoms. The highest BCUT2D eigenvalue weighted by Gasteiger charge is 2.22. The lowest BCUT2D eigenvalue weighted by Crippen LogP contribution is -2.29. The number of ether oxygens (including phenoxy) is 1. The zero-order valence-electron chi connectivity index (χ0n) is 14.8. The number of nitro groups is 1. The van der Waals surface area contributed by atoms with Crippen molar-refractivity contribution in [1.82, 2.24) is 5.32 Å². The first-order valence-electron chi connectivity index (χ1n) is 8.41. The van der Waals surface area contributed by atoms with Gasteiger partial charge in [-0.3, -0.25) is 10.1 Å². The van der Waals surface area contributed by atoms with Gasteiger partial charge in [-0.1, -0.05) is 36.4 Å². The van der Waals surface area contributed by atoms with Crippen molar-refractivity contribution in [3.05, 3.63) is 75.3 Å². The number of carbonyl (C=O) groups excluding carboxylic acids is 1. The topological polar surface area (TPSA) is 146 Å². The zero-order chi connectivity index (χ0) is 20.5. The van der Waals surface area contributed by atoms with Crippen LogP contribution in [0.3, 0.4) is 0 Å². The summed E-state index contributed by atoms with van der Waals surface area (Å²) in [5, 5.41) is 42.6. The minimum Gasteiger partial charge on any atom is -0.445 e. The Morgan fingerprint density at radius 3 is 2.61 bits per heavy atom. The van der Waals surface area contributed by atoms with Crippen LogP contribution in [0, 0.1) is 21.4 Å². The molecule has 2 unspecified atom stereocenters. The number of benzene rings is 2. The summed E-state index contributed by atoms with van der Waals surface area (Å²) in [4.78, 5) is 21.9. The fourth-order valence-corrected chi connectivity index (χ4v) is 2.45. The minimum atomic E-state index is -1.41. The van der Waals surface area contributed by atoms with Gasteiger partial charge >= 0.3 is 6.09 Å². The predicted molar refractivity (Wildman–Crippen MR) is 98.0 cm³/mol. The van der Waals surface area contributed by atoms with E-state index in [-0.39, 0.29) is 30.7 Å². The highest BCUT2D eigenvalue weighted by molar-refractivity contribution is 5.67. The Morgan fingerprint density at radius 2 is 1.96 bits per heavy atom. The second-order valence-electron chi connectivity index (χ2n) is 5.93. The molecule has 146 valence electrons. The van der Waals surface area contributed by atoms with E-state index in [1.165, 1.54) is 12.1 Å². The van der Waals surface area contributed by atoms with Crippen LogP contribution in [0.2, 0.25) is 0 Å². The van der Waals surface area contributed by atoms with Crippen LogP contribution in [0.25, 0.3) is 0 Å². The van der Waals surface area contributed by atoms with Gasteiger partial charge in [0.1, 0.15) is 24.3 Å². The number of nitrogens with one attached hydrogen (secondary N) is 1. The van der Waals surface area contributed by atoms with Crippen LogP contribution in [-0.2, 0) is 11.3 Å². The van der Waals surface area contributed by atoms with Crippen molar-refractivity contribution in [3.8, 4) is 6.07 Å². The summed E-state index contributed by atoms with van der Waals surface area (Å²) < 4.78 is 5.02. The Balaban J connectivity index is 1.83. The second-order valence-corrected chi connectivity index (χ2v) is 5.93. The molecule has 3 N–H and O–H groups in total. The zero-order valence-corrected chi connectivity index (χ0v) is 14.8. The normalized spacial score (nSPS) is 12.5. The summed E-state index contributed by atoms with van der Waals surface area (Å²) in [6, 6.07) is 14.4. The molecule has 0 aliphatic carbocycles. The summed E-state index contributed by atoms with van der Waals surface area (Å²) in [6.45, 7) is 0.136.